The van der Waals surface area contributed by atoms with Crippen molar-refractivity contribution in [3.63, 3.8) is 0 Å². The van der Waals surface area contributed by atoms with E-state index in [4.69, 9.17) is 4.74 Å². The first-order chi connectivity index (χ1) is 10.2. The number of nitrogens with zero attached hydrogens (tertiary/aromatic N) is 3. The molecule has 1 N–H and O–H groups in total. The zero-order chi connectivity index (χ0) is 15.2. The molecule has 0 saturated carbocycles. The van der Waals surface area contributed by atoms with Crippen LogP contribution in [0.5, 0.6) is 5.75 Å². The number of hydrogen-bond donors (Lipinski definition) is 1. The molecule has 2 aromatic rings. The van der Waals surface area contributed by atoms with E-state index < -0.39 is 0 Å². The average Bonchev–Trinajstić information content (AvgIpc) is 2.53. The largest absolute Gasteiger partial charge is 0.496 e. The van der Waals surface area contributed by atoms with Gasteiger partial charge in [-0.2, -0.15) is 5.10 Å². The summed E-state index contributed by atoms with van der Waals surface area (Å²) in [4.78, 5) is 4.52. The Morgan fingerprint density at radius 3 is 2.52 bits per heavy atom. The predicted octanol–water partition coefficient (Wildman–Crippen LogP) is 2.93. The third kappa shape index (κ3) is 3.68. The van der Waals surface area contributed by atoms with Crippen molar-refractivity contribution in [2.75, 3.05) is 12.4 Å². The average molecular weight is 286 g/mol. The van der Waals surface area contributed by atoms with Crippen LogP contribution in [0.2, 0.25) is 0 Å². The van der Waals surface area contributed by atoms with Gasteiger partial charge in [-0.15, -0.1) is 5.10 Å². The molecule has 0 saturated heterocycles. The van der Waals surface area contributed by atoms with Crippen molar-refractivity contribution in [1.82, 2.24) is 15.2 Å². The minimum atomic E-state index is 0.573. The van der Waals surface area contributed by atoms with E-state index in [9.17, 15) is 0 Å². The Bertz CT molecular complexity index is 613. The lowest BCUT2D eigenvalue weighted by molar-refractivity contribution is 0.411. The smallest absolute Gasteiger partial charge is 0.243 e. The summed E-state index contributed by atoms with van der Waals surface area (Å²) in [6.07, 6.45) is 1.73. The van der Waals surface area contributed by atoms with Gasteiger partial charge in [-0.05, 0) is 37.0 Å². The summed E-state index contributed by atoms with van der Waals surface area (Å²) >= 11 is 0. The molecule has 21 heavy (non-hydrogen) atoms. The molecule has 1 aromatic heterocycles. The van der Waals surface area contributed by atoms with Crippen LogP contribution in [0.25, 0.3) is 0 Å². The maximum Gasteiger partial charge on any atom is 0.243 e. The molecule has 0 atom stereocenters. The normalized spacial score (nSPS) is 10.5. The van der Waals surface area contributed by atoms with Gasteiger partial charge in [0.15, 0.2) is 0 Å². The first-order valence-electron chi connectivity index (χ1n) is 7.27. The molecule has 0 radical (unpaired) electrons. The second kappa shape index (κ2) is 7.02. The van der Waals surface area contributed by atoms with Crippen LogP contribution in [0.1, 0.15) is 36.4 Å². The van der Waals surface area contributed by atoms with Crippen molar-refractivity contribution in [3.05, 3.63) is 40.7 Å². The van der Waals surface area contributed by atoms with Gasteiger partial charge in [0, 0.05) is 6.54 Å². The quantitative estimate of drug-likeness (QED) is 0.884. The van der Waals surface area contributed by atoms with Crippen molar-refractivity contribution in [1.29, 1.82) is 0 Å². The number of rotatable bonds is 6. The number of aromatic nitrogens is 3. The lowest BCUT2D eigenvalue weighted by Gasteiger charge is -2.10. The van der Waals surface area contributed by atoms with Crippen LogP contribution in [0, 0.1) is 6.92 Å². The molecule has 0 fully saturated rings. The van der Waals surface area contributed by atoms with E-state index in [1.807, 2.05) is 19.1 Å². The van der Waals surface area contributed by atoms with Crippen LogP contribution in [-0.2, 0) is 19.4 Å². The van der Waals surface area contributed by atoms with Crippen LogP contribution in [-0.4, -0.2) is 22.3 Å². The molecule has 0 bridgehead atoms. The SMILES string of the molecule is CCc1nnc(NCc2ccc(C)c(OC)c2)nc1CC. The topological polar surface area (TPSA) is 59.9 Å². The lowest BCUT2D eigenvalue weighted by Crippen LogP contribution is -2.09. The van der Waals surface area contributed by atoms with Crippen molar-refractivity contribution in [2.45, 2.75) is 40.2 Å². The molecule has 0 aliphatic heterocycles. The van der Waals surface area contributed by atoms with E-state index >= 15 is 0 Å². The van der Waals surface area contributed by atoms with Gasteiger partial charge in [0.05, 0.1) is 18.5 Å². The lowest BCUT2D eigenvalue weighted by atomic mass is 10.1. The number of aryl methyl sites for hydroxylation is 3. The molecule has 0 aliphatic carbocycles. The number of anilines is 1. The fourth-order valence-corrected chi connectivity index (χ4v) is 2.17. The van der Waals surface area contributed by atoms with Gasteiger partial charge in [-0.25, -0.2) is 4.98 Å². The van der Waals surface area contributed by atoms with E-state index in [0.29, 0.717) is 12.5 Å². The Morgan fingerprint density at radius 1 is 1.10 bits per heavy atom. The minimum Gasteiger partial charge on any atom is -0.496 e. The maximum atomic E-state index is 5.33. The maximum absolute atomic E-state index is 5.33. The number of hydrogen-bond acceptors (Lipinski definition) is 5. The molecular weight excluding hydrogens is 264 g/mol. The molecule has 0 spiro atoms. The van der Waals surface area contributed by atoms with Gasteiger partial charge in [0.2, 0.25) is 5.95 Å². The third-order valence-corrected chi connectivity index (χ3v) is 3.43. The molecule has 0 unspecified atom stereocenters. The molecular formula is C16H22N4O. The van der Waals surface area contributed by atoms with E-state index in [1.54, 1.807) is 7.11 Å². The molecule has 5 nitrogen and oxygen atoms in total. The summed E-state index contributed by atoms with van der Waals surface area (Å²) in [5, 5.41) is 11.6. The monoisotopic (exact) mass is 286 g/mol. The Morgan fingerprint density at radius 2 is 1.86 bits per heavy atom. The van der Waals surface area contributed by atoms with Crippen molar-refractivity contribution in [2.24, 2.45) is 0 Å². The highest BCUT2D eigenvalue weighted by atomic mass is 16.5. The van der Waals surface area contributed by atoms with Crippen molar-refractivity contribution >= 4 is 5.95 Å². The molecule has 0 amide bonds. The van der Waals surface area contributed by atoms with Crippen LogP contribution in [0.3, 0.4) is 0 Å². The van der Waals surface area contributed by atoms with Gasteiger partial charge in [-0.1, -0.05) is 26.0 Å². The fraction of sp³-hybridized carbons (Fsp3) is 0.438. The number of nitrogens with one attached hydrogen (secondary N) is 1. The highest BCUT2D eigenvalue weighted by Gasteiger charge is 2.06. The number of benzene rings is 1. The van der Waals surface area contributed by atoms with E-state index in [1.165, 1.54) is 0 Å². The van der Waals surface area contributed by atoms with Gasteiger partial charge >= 0.3 is 0 Å². The van der Waals surface area contributed by atoms with Crippen LogP contribution in [0.4, 0.5) is 5.95 Å². The second-order valence-corrected chi connectivity index (χ2v) is 4.89. The number of ether oxygens (including phenoxy) is 1. The summed E-state index contributed by atoms with van der Waals surface area (Å²) in [6.45, 7) is 6.82. The molecule has 1 aromatic carbocycles. The van der Waals surface area contributed by atoms with E-state index in [0.717, 1.165) is 41.1 Å². The summed E-state index contributed by atoms with van der Waals surface area (Å²) in [5.41, 5.74) is 4.23. The Hall–Kier alpha value is -2.17. The summed E-state index contributed by atoms with van der Waals surface area (Å²) in [5.74, 6) is 1.47. The van der Waals surface area contributed by atoms with Gasteiger partial charge in [0.1, 0.15) is 5.75 Å². The molecule has 5 heteroatoms. The first kappa shape index (κ1) is 15.2. The second-order valence-electron chi connectivity index (χ2n) is 4.89. The van der Waals surface area contributed by atoms with Gasteiger partial charge < -0.3 is 10.1 Å². The Kier molecular flexibility index (Phi) is 5.09. The summed E-state index contributed by atoms with van der Waals surface area (Å²) in [6, 6.07) is 6.14. The fourth-order valence-electron chi connectivity index (χ4n) is 2.17. The highest BCUT2D eigenvalue weighted by Crippen LogP contribution is 2.19. The molecule has 1 heterocycles. The predicted molar refractivity (Wildman–Crippen MR) is 83.6 cm³/mol. The molecule has 2 rings (SSSR count). The first-order valence-corrected chi connectivity index (χ1v) is 7.27. The molecule has 0 aliphatic rings. The third-order valence-electron chi connectivity index (χ3n) is 3.43. The zero-order valence-corrected chi connectivity index (χ0v) is 13.1. The standard InChI is InChI=1S/C16H22N4O/c1-5-13-14(6-2)19-20-16(18-13)17-10-12-8-7-11(3)15(9-12)21-4/h7-9H,5-6,10H2,1-4H3,(H,17,18,20). The number of methoxy groups -OCH3 is 1. The summed E-state index contributed by atoms with van der Waals surface area (Å²) < 4.78 is 5.33. The Balaban J connectivity index is 2.09. The van der Waals surface area contributed by atoms with Crippen LogP contribution >= 0.6 is 0 Å². The van der Waals surface area contributed by atoms with Crippen LogP contribution < -0.4 is 10.1 Å². The van der Waals surface area contributed by atoms with Gasteiger partial charge in [-0.3, -0.25) is 0 Å². The zero-order valence-electron chi connectivity index (χ0n) is 13.1. The minimum absolute atomic E-state index is 0.573. The van der Waals surface area contributed by atoms with Crippen molar-refractivity contribution in [3.8, 4) is 5.75 Å². The summed E-state index contributed by atoms with van der Waals surface area (Å²) in [7, 11) is 1.68. The highest BCUT2D eigenvalue weighted by molar-refractivity contribution is 5.38. The van der Waals surface area contributed by atoms with E-state index in [-0.39, 0.29) is 0 Å². The molecule has 112 valence electrons. The van der Waals surface area contributed by atoms with Crippen molar-refractivity contribution < 1.29 is 4.74 Å². The van der Waals surface area contributed by atoms with Crippen LogP contribution in [0.15, 0.2) is 18.2 Å². The Labute approximate surface area is 125 Å². The van der Waals surface area contributed by atoms with E-state index in [2.05, 4.69) is 40.4 Å². The van der Waals surface area contributed by atoms with Gasteiger partial charge in [0.25, 0.3) is 0 Å².